The summed E-state index contributed by atoms with van der Waals surface area (Å²) in [4.78, 5) is 41.8. The molecule has 170 valence electrons. The second-order valence-corrected chi connectivity index (χ2v) is 8.32. The van der Waals surface area contributed by atoms with E-state index in [-0.39, 0.29) is 17.0 Å². The SMILES string of the molecule is CC(C)(C)OC(=O)Nc1ccc(F)cc1NC(=O)Cn1cnc2c(oc3ccccc32)c1=O. The average Bonchev–Trinajstić information content (AvgIpc) is 3.10. The van der Waals surface area contributed by atoms with Gasteiger partial charge in [-0.25, -0.2) is 14.2 Å². The van der Waals surface area contributed by atoms with E-state index in [0.29, 0.717) is 16.5 Å². The van der Waals surface area contributed by atoms with Crippen LogP contribution in [0.4, 0.5) is 20.6 Å². The molecule has 0 aliphatic carbocycles. The van der Waals surface area contributed by atoms with Crippen LogP contribution in [0.5, 0.6) is 0 Å². The Labute approximate surface area is 187 Å². The number of halogens is 1. The van der Waals surface area contributed by atoms with Gasteiger partial charge in [-0.2, -0.15) is 0 Å². The van der Waals surface area contributed by atoms with Crippen LogP contribution in [-0.2, 0) is 16.1 Å². The number of para-hydroxylation sites is 1. The van der Waals surface area contributed by atoms with Gasteiger partial charge in [0, 0.05) is 5.39 Å². The van der Waals surface area contributed by atoms with Crippen molar-refractivity contribution in [2.75, 3.05) is 10.6 Å². The molecule has 0 spiro atoms. The van der Waals surface area contributed by atoms with E-state index in [2.05, 4.69) is 15.6 Å². The number of furan rings is 1. The lowest BCUT2D eigenvalue weighted by molar-refractivity contribution is -0.116. The lowest BCUT2D eigenvalue weighted by Gasteiger charge is -2.20. The van der Waals surface area contributed by atoms with Crippen molar-refractivity contribution in [2.24, 2.45) is 0 Å². The molecule has 0 saturated carbocycles. The summed E-state index contributed by atoms with van der Waals surface area (Å²) < 4.78 is 25.7. The molecule has 4 rings (SSSR count). The van der Waals surface area contributed by atoms with Crippen LogP contribution in [0, 0.1) is 5.82 Å². The monoisotopic (exact) mass is 452 g/mol. The van der Waals surface area contributed by atoms with Crippen LogP contribution in [-0.4, -0.2) is 27.2 Å². The average molecular weight is 452 g/mol. The zero-order valence-electron chi connectivity index (χ0n) is 18.1. The molecular weight excluding hydrogens is 431 g/mol. The molecule has 33 heavy (non-hydrogen) atoms. The van der Waals surface area contributed by atoms with E-state index in [9.17, 15) is 18.8 Å². The van der Waals surface area contributed by atoms with Crippen LogP contribution in [0.2, 0.25) is 0 Å². The molecule has 0 unspecified atom stereocenters. The quantitative estimate of drug-likeness (QED) is 0.478. The summed E-state index contributed by atoms with van der Waals surface area (Å²) in [5, 5.41) is 5.67. The summed E-state index contributed by atoms with van der Waals surface area (Å²) in [5.41, 5.74) is -0.175. The Hall–Kier alpha value is -4.21. The van der Waals surface area contributed by atoms with Crippen LogP contribution < -0.4 is 16.2 Å². The number of aromatic nitrogens is 2. The van der Waals surface area contributed by atoms with Gasteiger partial charge in [-0.1, -0.05) is 12.1 Å². The van der Waals surface area contributed by atoms with E-state index in [1.54, 1.807) is 45.0 Å². The Morgan fingerprint density at radius 1 is 1.12 bits per heavy atom. The number of nitrogens with zero attached hydrogens (tertiary/aromatic N) is 2. The molecule has 2 N–H and O–H groups in total. The van der Waals surface area contributed by atoms with E-state index in [1.165, 1.54) is 12.4 Å². The summed E-state index contributed by atoms with van der Waals surface area (Å²) in [6, 6.07) is 10.6. The van der Waals surface area contributed by atoms with Crippen molar-refractivity contribution >= 4 is 45.4 Å². The Morgan fingerprint density at radius 3 is 2.64 bits per heavy atom. The van der Waals surface area contributed by atoms with E-state index in [4.69, 9.17) is 9.15 Å². The normalized spacial score (nSPS) is 11.5. The van der Waals surface area contributed by atoms with Gasteiger partial charge in [0.25, 0.3) is 5.56 Å². The highest BCUT2D eigenvalue weighted by atomic mass is 19.1. The summed E-state index contributed by atoms with van der Waals surface area (Å²) in [6.07, 6.45) is 0.484. The molecule has 2 aromatic heterocycles. The molecule has 4 aromatic rings. The number of nitrogens with one attached hydrogen (secondary N) is 2. The molecule has 0 atom stereocenters. The molecule has 0 saturated heterocycles. The Balaban J connectivity index is 1.55. The molecule has 10 heteroatoms. The number of ether oxygens (including phenoxy) is 1. The first-order valence-electron chi connectivity index (χ1n) is 10.1. The Kier molecular flexibility index (Phi) is 5.59. The van der Waals surface area contributed by atoms with Crippen LogP contribution in [0.1, 0.15) is 20.8 Å². The van der Waals surface area contributed by atoms with Gasteiger partial charge in [0.1, 0.15) is 29.1 Å². The molecule has 0 aliphatic rings. The van der Waals surface area contributed by atoms with Gasteiger partial charge in [0.05, 0.1) is 17.7 Å². The molecule has 0 radical (unpaired) electrons. The van der Waals surface area contributed by atoms with Crippen molar-refractivity contribution in [3.63, 3.8) is 0 Å². The Bertz CT molecular complexity index is 1430. The number of benzene rings is 2. The first kappa shape index (κ1) is 22.0. The van der Waals surface area contributed by atoms with E-state index >= 15 is 0 Å². The maximum absolute atomic E-state index is 13.8. The summed E-state index contributed by atoms with van der Waals surface area (Å²) in [7, 11) is 0. The van der Waals surface area contributed by atoms with E-state index in [0.717, 1.165) is 16.7 Å². The lowest BCUT2D eigenvalue weighted by atomic mass is 10.2. The van der Waals surface area contributed by atoms with Crippen LogP contribution in [0.15, 0.2) is 58.0 Å². The number of hydrogen-bond acceptors (Lipinski definition) is 6. The Morgan fingerprint density at radius 2 is 1.88 bits per heavy atom. The fraction of sp³-hybridized carbons (Fsp3) is 0.217. The molecule has 2 aromatic carbocycles. The molecule has 0 fully saturated rings. The number of hydrogen-bond donors (Lipinski definition) is 2. The van der Waals surface area contributed by atoms with Crippen molar-refractivity contribution < 1.29 is 23.1 Å². The van der Waals surface area contributed by atoms with Gasteiger partial charge >= 0.3 is 6.09 Å². The third kappa shape index (κ3) is 4.84. The first-order chi connectivity index (χ1) is 15.6. The smallest absolute Gasteiger partial charge is 0.412 e. The topological polar surface area (TPSA) is 115 Å². The summed E-state index contributed by atoms with van der Waals surface area (Å²) in [5.74, 6) is -1.25. The van der Waals surface area contributed by atoms with Crippen LogP contribution in [0.3, 0.4) is 0 Å². The number of carbonyl (C=O) groups is 2. The predicted octanol–water partition coefficient (Wildman–Crippen LogP) is 4.27. The molecule has 2 heterocycles. The van der Waals surface area contributed by atoms with Crippen molar-refractivity contribution in [3.8, 4) is 0 Å². The van der Waals surface area contributed by atoms with Crippen molar-refractivity contribution in [1.82, 2.24) is 9.55 Å². The fourth-order valence-corrected chi connectivity index (χ4v) is 3.21. The minimum Gasteiger partial charge on any atom is -0.448 e. The zero-order valence-corrected chi connectivity index (χ0v) is 18.1. The zero-order chi connectivity index (χ0) is 23.8. The van der Waals surface area contributed by atoms with Crippen molar-refractivity contribution in [1.29, 1.82) is 0 Å². The summed E-state index contributed by atoms with van der Waals surface area (Å²) >= 11 is 0. The van der Waals surface area contributed by atoms with E-state index < -0.39 is 35.5 Å². The number of amides is 2. The molecule has 9 nitrogen and oxygen atoms in total. The molecule has 2 amide bonds. The maximum Gasteiger partial charge on any atom is 0.412 e. The fourth-order valence-electron chi connectivity index (χ4n) is 3.21. The third-order valence-corrected chi connectivity index (χ3v) is 4.56. The van der Waals surface area contributed by atoms with Crippen molar-refractivity contribution in [2.45, 2.75) is 32.9 Å². The van der Waals surface area contributed by atoms with Gasteiger partial charge < -0.3 is 14.5 Å². The van der Waals surface area contributed by atoms with Gasteiger partial charge in [-0.3, -0.25) is 19.5 Å². The number of anilines is 2. The van der Waals surface area contributed by atoms with Crippen LogP contribution in [0.25, 0.3) is 22.1 Å². The number of rotatable bonds is 4. The van der Waals surface area contributed by atoms with Gasteiger partial charge in [0.2, 0.25) is 11.5 Å². The largest absolute Gasteiger partial charge is 0.448 e. The van der Waals surface area contributed by atoms with Crippen LogP contribution >= 0.6 is 0 Å². The lowest BCUT2D eigenvalue weighted by Crippen LogP contribution is -2.29. The van der Waals surface area contributed by atoms with Gasteiger partial charge in [-0.15, -0.1) is 0 Å². The highest BCUT2D eigenvalue weighted by molar-refractivity contribution is 6.02. The minimum atomic E-state index is -0.764. The van der Waals surface area contributed by atoms with Crippen molar-refractivity contribution in [3.05, 3.63) is 65.0 Å². The number of carbonyl (C=O) groups excluding carboxylic acids is 2. The first-order valence-corrected chi connectivity index (χ1v) is 10.1. The second-order valence-electron chi connectivity index (χ2n) is 8.32. The van der Waals surface area contributed by atoms with Gasteiger partial charge in [0.15, 0.2) is 0 Å². The van der Waals surface area contributed by atoms with Gasteiger partial charge in [-0.05, 0) is 51.1 Å². The van der Waals surface area contributed by atoms with E-state index in [1.807, 2.05) is 0 Å². The summed E-state index contributed by atoms with van der Waals surface area (Å²) in [6.45, 7) is 4.70. The standard InChI is InChI=1S/C23H21FN4O5/c1-23(2,3)33-22(31)27-15-9-8-13(24)10-16(15)26-18(29)11-28-12-25-19-14-6-4-5-7-17(14)32-20(19)21(28)30/h4-10,12H,11H2,1-3H3,(H,26,29)(H,27,31). The molecule has 0 bridgehead atoms. The number of fused-ring (bicyclic) bond motifs is 3. The predicted molar refractivity (Wildman–Crippen MR) is 121 cm³/mol. The molecular formula is C23H21FN4O5. The third-order valence-electron chi connectivity index (χ3n) is 4.56. The maximum atomic E-state index is 13.8. The second kappa shape index (κ2) is 8.38. The minimum absolute atomic E-state index is 0.0108. The highest BCUT2D eigenvalue weighted by Gasteiger charge is 2.19. The highest BCUT2D eigenvalue weighted by Crippen LogP contribution is 2.25. The molecule has 0 aliphatic heterocycles.